The standard InChI is InChI=1S/C14H20N2O3S/c1-12-5-6-13(2)14(11-12)20(17,18)16(8-4-7-15)9-10-19-3/h5-6,11H,4,8-10H2,1-3H3. The summed E-state index contributed by atoms with van der Waals surface area (Å²) in [4.78, 5) is 0.298. The van der Waals surface area contributed by atoms with Crippen molar-refractivity contribution >= 4 is 10.0 Å². The molecule has 0 saturated heterocycles. The molecule has 0 spiro atoms. The third kappa shape index (κ3) is 4.04. The topological polar surface area (TPSA) is 70.4 Å². The number of sulfonamides is 1. The zero-order valence-electron chi connectivity index (χ0n) is 12.1. The fourth-order valence-corrected chi connectivity index (χ4v) is 3.58. The highest BCUT2D eigenvalue weighted by Gasteiger charge is 2.25. The van der Waals surface area contributed by atoms with E-state index >= 15 is 0 Å². The minimum absolute atomic E-state index is 0.161. The van der Waals surface area contributed by atoms with E-state index in [4.69, 9.17) is 10.00 Å². The van der Waals surface area contributed by atoms with Gasteiger partial charge in [0.05, 0.1) is 17.6 Å². The van der Waals surface area contributed by atoms with Gasteiger partial charge in [-0.3, -0.25) is 0 Å². The van der Waals surface area contributed by atoms with E-state index in [9.17, 15) is 8.42 Å². The Kier molecular flexibility index (Phi) is 6.14. The van der Waals surface area contributed by atoms with Crippen molar-refractivity contribution in [2.75, 3.05) is 26.8 Å². The van der Waals surface area contributed by atoms with Crippen molar-refractivity contribution in [2.45, 2.75) is 25.2 Å². The number of benzene rings is 1. The number of hydrogen-bond acceptors (Lipinski definition) is 4. The molecule has 5 nitrogen and oxygen atoms in total. The van der Waals surface area contributed by atoms with Crippen LogP contribution in [-0.2, 0) is 14.8 Å². The van der Waals surface area contributed by atoms with Gasteiger partial charge in [-0.1, -0.05) is 12.1 Å². The van der Waals surface area contributed by atoms with Crippen LogP contribution >= 0.6 is 0 Å². The molecule has 0 bridgehead atoms. The average Bonchev–Trinajstić information content (AvgIpc) is 2.41. The average molecular weight is 296 g/mol. The molecule has 1 rings (SSSR count). The summed E-state index contributed by atoms with van der Waals surface area (Å²) in [5.74, 6) is 0. The summed E-state index contributed by atoms with van der Waals surface area (Å²) in [6.45, 7) is 4.34. The van der Waals surface area contributed by atoms with Crippen LogP contribution in [0, 0.1) is 25.2 Å². The van der Waals surface area contributed by atoms with Crippen LogP contribution in [0.25, 0.3) is 0 Å². The highest BCUT2D eigenvalue weighted by Crippen LogP contribution is 2.21. The maximum atomic E-state index is 12.7. The second-order valence-electron chi connectivity index (χ2n) is 4.57. The Bertz CT molecular complexity index is 591. The van der Waals surface area contributed by atoms with Crippen molar-refractivity contribution in [1.82, 2.24) is 4.31 Å². The zero-order valence-corrected chi connectivity index (χ0v) is 12.9. The summed E-state index contributed by atoms with van der Waals surface area (Å²) < 4.78 is 31.6. The van der Waals surface area contributed by atoms with Gasteiger partial charge in [0.2, 0.25) is 10.0 Å². The van der Waals surface area contributed by atoms with Crippen molar-refractivity contribution < 1.29 is 13.2 Å². The Hall–Kier alpha value is -1.42. The van der Waals surface area contributed by atoms with E-state index in [0.717, 1.165) is 5.56 Å². The normalized spacial score (nSPS) is 11.6. The number of methoxy groups -OCH3 is 1. The Balaban J connectivity index is 3.14. The van der Waals surface area contributed by atoms with E-state index in [2.05, 4.69) is 0 Å². The molecule has 1 aromatic carbocycles. The molecular weight excluding hydrogens is 276 g/mol. The SMILES string of the molecule is COCCN(CCC#N)S(=O)(=O)c1cc(C)ccc1C. The fourth-order valence-electron chi connectivity index (χ4n) is 1.84. The third-order valence-electron chi connectivity index (χ3n) is 2.98. The predicted octanol–water partition coefficient (Wildman–Crippen LogP) is 1.85. The van der Waals surface area contributed by atoms with Gasteiger partial charge in [0.15, 0.2) is 0 Å². The molecule has 0 aliphatic carbocycles. The summed E-state index contributed by atoms with van der Waals surface area (Å²) >= 11 is 0. The lowest BCUT2D eigenvalue weighted by molar-refractivity contribution is 0.179. The molecule has 6 heteroatoms. The molecule has 0 aliphatic rings. The molecule has 0 fully saturated rings. The quantitative estimate of drug-likeness (QED) is 0.770. The molecule has 0 heterocycles. The van der Waals surface area contributed by atoms with Gasteiger partial charge >= 0.3 is 0 Å². The number of rotatable bonds is 7. The summed E-state index contributed by atoms with van der Waals surface area (Å²) in [5, 5.41) is 8.67. The Morgan fingerprint density at radius 2 is 2.00 bits per heavy atom. The van der Waals surface area contributed by atoms with Crippen molar-refractivity contribution in [3.05, 3.63) is 29.3 Å². The largest absolute Gasteiger partial charge is 0.383 e. The number of nitriles is 1. The van der Waals surface area contributed by atoms with Gasteiger partial charge in [0, 0.05) is 26.6 Å². The first-order valence-corrected chi connectivity index (χ1v) is 7.80. The van der Waals surface area contributed by atoms with Crippen molar-refractivity contribution in [3.63, 3.8) is 0 Å². The van der Waals surface area contributed by atoms with E-state index in [0.29, 0.717) is 17.1 Å². The van der Waals surface area contributed by atoms with Crippen LogP contribution in [0.3, 0.4) is 0 Å². The molecule has 0 unspecified atom stereocenters. The molecule has 0 radical (unpaired) electrons. The molecule has 110 valence electrons. The van der Waals surface area contributed by atoms with Gasteiger partial charge in [-0.15, -0.1) is 0 Å². The van der Waals surface area contributed by atoms with Crippen molar-refractivity contribution in [1.29, 1.82) is 5.26 Å². The summed E-state index contributed by atoms with van der Waals surface area (Å²) in [7, 11) is -2.08. The minimum atomic E-state index is -3.60. The zero-order chi connectivity index (χ0) is 15.2. The number of ether oxygens (including phenoxy) is 1. The lowest BCUT2D eigenvalue weighted by Gasteiger charge is -2.22. The van der Waals surface area contributed by atoms with Crippen molar-refractivity contribution in [2.24, 2.45) is 0 Å². The molecule has 0 aliphatic heterocycles. The molecule has 0 N–H and O–H groups in total. The first kappa shape index (κ1) is 16.6. The smallest absolute Gasteiger partial charge is 0.243 e. The molecular formula is C14H20N2O3S. The highest BCUT2D eigenvalue weighted by molar-refractivity contribution is 7.89. The number of nitrogens with zero attached hydrogens (tertiary/aromatic N) is 2. The number of hydrogen-bond donors (Lipinski definition) is 0. The molecule has 0 aromatic heterocycles. The monoisotopic (exact) mass is 296 g/mol. The Labute approximate surface area is 120 Å². The molecule has 0 amide bonds. The van der Waals surface area contributed by atoms with Gasteiger partial charge in [-0.05, 0) is 31.0 Å². The van der Waals surface area contributed by atoms with Gasteiger partial charge in [-0.2, -0.15) is 9.57 Å². The second kappa shape index (κ2) is 7.39. The van der Waals surface area contributed by atoms with E-state index in [1.807, 2.05) is 19.1 Å². The second-order valence-corrected chi connectivity index (χ2v) is 6.48. The summed E-state index contributed by atoms with van der Waals surface area (Å²) in [6.07, 6.45) is 0.161. The van der Waals surface area contributed by atoms with Crippen LogP contribution in [0.1, 0.15) is 17.5 Å². The van der Waals surface area contributed by atoms with Gasteiger partial charge < -0.3 is 4.74 Å². The summed E-state index contributed by atoms with van der Waals surface area (Å²) in [5.41, 5.74) is 1.59. The maximum Gasteiger partial charge on any atom is 0.243 e. The van der Waals surface area contributed by atoms with Crippen LogP contribution in [0.2, 0.25) is 0 Å². The van der Waals surface area contributed by atoms with E-state index in [-0.39, 0.29) is 19.5 Å². The first-order valence-electron chi connectivity index (χ1n) is 6.36. The van der Waals surface area contributed by atoms with Gasteiger partial charge in [0.25, 0.3) is 0 Å². The van der Waals surface area contributed by atoms with E-state index in [1.54, 1.807) is 19.1 Å². The van der Waals surface area contributed by atoms with Crippen LogP contribution in [0.15, 0.2) is 23.1 Å². The lowest BCUT2D eigenvalue weighted by Crippen LogP contribution is -2.35. The highest BCUT2D eigenvalue weighted by atomic mass is 32.2. The molecule has 0 saturated carbocycles. The van der Waals surface area contributed by atoms with Crippen LogP contribution in [0.5, 0.6) is 0 Å². The molecule has 1 aromatic rings. The Morgan fingerprint density at radius 1 is 1.30 bits per heavy atom. The molecule has 0 atom stereocenters. The lowest BCUT2D eigenvalue weighted by atomic mass is 10.2. The summed E-state index contributed by atoms with van der Waals surface area (Å²) in [6, 6.07) is 7.31. The van der Waals surface area contributed by atoms with Crippen LogP contribution < -0.4 is 0 Å². The van der Waals surface area contributed by atoms with Crippen LogP contribution in [-0.4, -0.2) is 39.5 Å². The van der Waals surface area contributed by atoms with Gasteiger partial charge in [-0.25, -0.2) is 8.42 Å². The number of aryl methyl sites for hydroxylation is 2. The third-order valence-corrected chi connectivity index (χ3v) is 5.02. The maximum absolute atomic E-state index is 12.7. The van der Waals surface area contributed by atoms with Crippen LogP contribution in [0.4, 0.5) is 0 Å². The fraction of sp³-hybridized carbons (Fsp3) is 0.500. The van der Waals surface area contributed by atoms with E-state index in [1.165, 1.54) is 11.4 Å². The molecule has 20 heavy (non-hydrogen) atoms. The minimum Gasteiger partial charge on any atom is -0.383 e. The Morgan fingerprint density at radius 3 is 2.60 bits per heavy atom. The first-order chi connectivity index (χ1) is 9.43. The predicted molar refractivity (Wildman–Crippen MR) is 76.8 cm³/mol. The van der Waals surface area contributed by atoms with E-state index < -0.39 is 10.0 Å². The van der Waals surface area contributed by atoms with Crippen molar-refractivity contribution in [3.8, 4) is 6.07 Å². The van der Waals surface area contributed by atoms with Gasteiger partial charge in [0.1, 0.15) is 0 Å².